The number of β-amino-alcohol motifs (C(OH)–C–C–N with tert-alkyl or cyclic N) is 1. The molecule has 6 rings (SSSR count). The van der Waals surface area contributed by atoms with E-state index in [0.29, 0.717) is 18.0 Å². The highest BCUT2D eigenvalue weighted by atomic mass is 32.1. The van der Waals surface area contributed by atoms with E-state index in [2.05, 4.69) is 15.6 Å². The first-order valence-corrected chi connectivity index (χ1v) is 17.3. The molecule has 2 saturated carbocycles. The Bertz CT molecular complexity index is 1630. The molecule has 3 N–H and O–H groups in total. The van der Waals surface area contributed by atoms with Gasteiger partial charge in [-0.1, -0.05) is 69.3 Å². The average Bonchev–Trinajstić information content (AvgIpc) is 3.62. The Morgan fingerprint density at radius 1 is 1.04 bits per heavy atom. The zero-order chi connectivity index (χ0) is 33.5. The van der Waals surface area contributed by atoms with Crippen molar-refractivity contribution in [2.24, 2.45) is 16.7 Å². The fourth-order valence-electron chi connectivity index (χ4n) is 7.61. The number of benzene rings is 2. The van der Waals surface area contributed by atoms with Crippen LogP contribution in [-0.4, -0.2) is 63.7 Å². The first kappa shape index (κ1) is 33.0. The van der Waals surface area contributed by atoms with E-state index < -0.39 is 23.6 Å². The van der Waals surface area contributed by atoms with E-state index in [4.69, 9.17) is 0 Å². The molecule has 3 aromatic rings. The summed E-state index contributed by atoms with van der Waals surface area (Å²) >= 11 is 1.59. The van der Waals surface area contributed by atoms with E-state index in [1.807, 2.05) is 81.7 Å². The summed E-state index contributed by atoms with van der Waals surface area (Å²) in [6.07, 6.45) is 3.82. The number of rotatable bonds is 9. The molecule has 3 amide bonds. The highest BCUT2D eigenvalue weighted by molar-refractivity contribution is 7.13. The molecule has 0 radical (unpaired) electrons. The Morgan fingerprint density at radius 3 is 2.32 bits per heavy atom. The molecule has 1 saturated heterocycles. The van der Waals surface area contributed by atoms with Crippen molar-refractivity contribution in [3.05, 3.63) is 76.4 Å². The predicted molar refractivity (Wildman–Crippen MR) is 181 cm³/mol. The number of aliphatic hydroxyl groups is 1. The maximum atomic E-state index is 14.0. The molecule has 9 nitrogen and oxygen atoms in total. The number of hydrogen-bond donors (Lipinski definition) is 3. The van der Waals surface area contributed by atoms with E-state index in [9.17, 15) is 24.3 Å². The van der Waals surface area contributed by atoms with Crippen molar-refractivity contribution in [3.8, 4) is 10.4 Å². The Morgan fingerprint density at radius 2 is 1.72 bits per heavy atom. The number of hydrogen-bond acceptors (Lipinski definition) is 7. The Labute approximate surface area is 280 Å². The summed E-state index contributed by atoms with van der Waals surface area (Å²) in [6, 6.07) is 14.0. The van der Waals surface area contributed by atoms with Crippen molar-refractivity contribution in [2.45, 2.75) is 90.4 Å². The fraction of sp³-hybridized carbons (Fsp3) is 0.486. The Hall–Kier alpha value is -3.89. The van der Waals surface area contributed by atoms with Crippen LogP contribution in [0.25, 0.3) is 10.4 Å². The van der Waals surface area contributed by atoms with Crippen molar-refractivity contribution >= 4 is 35.3 Å². The van der Waals surface area contributed by atoms with Crippen LogP contribution in [0.3, 0.4) is 0 Å². The van der Waals surface area contributed by atoms with Gasteiger partial charge in [-0.2, -0.15) is 0 Å². The molecular formula is C37H44N4O5S. The van der Waals surface area contributed by atoms with Crippen molar-refractivity contribution < 1.29 is 24.3 Å². The number of aryl methyl sites for hydroxylation is 1. The van der Waals surface area contributed by atoms with Crippen LogP contribution in [0.4, 0.5) is 0 Å². The van der Waals surface area contributed by atoms with Gasteiger partial charge in [-0.3, -0.25) is 19.2 Å². The lowest BCUT2D eigenvalue weighted by Crippen LogP contribution is -2.60. The SMILES string of the molecule is Cc1ncsc1-c1ccc(CNC(=O)[C@@H]2C[C@@H](O)CN2C(=O)[C@@H](NC(=O)C2CC3(C2)CC(c2ccc(C=O)cc2)C3)C(C)(C)C)cc1. The lowest BCUT2D eigenvalue weighted by atomic mass is 9.47. The fourth-order valence-corrected chi connectivity index (χ4v) is 8.42. The van der Waals surface area contributed by atoms with Crippen molar-refractivity contribution in [2.75, 3.05) is 6.54 Å². The number of carbonyl (C=O) groups is 4. The van der Waals surface area contributed by atoms with E-state index in [0.717, 1.165) is 53.7 Å². The lowest BCUT2D eigenvalue weighted by molar-refractivity contribution is -0.148. The molecule has 2 heterocycles. The molecule has 2 aliphatic carbocycles. The van der Waals surface area contributed by atoms with E-state index in [1.165, 1.54) is 10.5 Å². The monoisotopic (exact) mass is 656 g/mol. The maximum absolute atomic E-state index is 14.0. The number of likely N-dealkylation sites (tertiary alicyclic amines) is 1. The maximum Gasteiger partial charge on any atom is 0.246 e. The molecule has 0 unspecified atom stereocenters. The number of aliphatic hydroxyl groups excluding tert-OH is 1. The van der Waals surface area contributed by atoms with Gasteiger partial charge in [0.15, 0.2) is 0 Å². The third-order valence-corrected chi connectivity index (χ3v) is 11.3. The predicted octanol–water partition coefficient (Wildman–Crippen LogP) is 5.01. The summed E-state index contributed by atoms with van der Waals surface area (Å²) in [4.78, 5) is 58.7. The highest BCUT2D eigenvalue weighted by Crippen LogP contribution is 2.64. The van der Waals surface area contributed by atoms with E-state index in [-0.39, 0.29) is 42.0 Å². The van der Waals surface area contributed by atoms with Crippen LogP contribution in [0, 0.1) is 23.7 Å². The van der Waals surface area contributed by atoms with Gasteiger partial charge in [0.05, 0.1) is 22.2 Å². The van der Waals surface area contributed by atoms with Crippen LogP contribution in [0.5, 0.6) is 0 Å². The minimum Gasteiger partial charge on any atom is -0.391 e. The molecule has 1 spiro atoms. The zero-order valence-electron chi connectivity index (χ0n) is 27.5. The minimum atomic E-state index is -0.833. The molecule has 47 heavy (non-hydrogen) atoms. The second kappa shape index (κ2) is 13.0. The molecule has 248 valence electrons. The number of nitrogens with one attached hydrogen (secondary N) is 2. The van der Waals surface area contributed by atoms with Crippen LogP contribution in [-0.2, 0) is 20.9 Å². The summed E-state index contributed by atoms with van der Waals surface area (Å²) in [5.41, 5.74) is 6.27. The molecule has 1 aliphatic heterocycles. The largest absolute Gasteiger partial charge is 0.391 e. The standard InChI is InChI=1S/C37H44N4O5S/c1-22-31(47-21-39-22)26-11-5-23(6-12-26)18-38-34(45)30-13-29(43)19-41(30)35(46)32(36(2,3)4)40-33(44)28-16-37(17-28)14-27(15-37)25-9-7-24(20-42)8-10-25/h5-12,20-21,27-30,32,43H,13-19H2,1-4H3,(H,38,45)(H,40,44)/t27?,28?,29-,30+,32-,37?/m1/s1. The average molecular weight is 657 g/mol. The number of aldehydes is 1. The van der Waals surface area contributed by atoms with Gasteiger partial charge < -0.3 is 20.6 Å². The zero-order valence-corrected chi connectivity index (χ0v) is 28.3. The molecule has 3 aliphatic rings. The number of thiazole rings is 1. The van der Waals surface area contributed by atoms with Crippen LogP contribution in [0.2, 0.25) is 0 Å². The highest BCUT2D eigenvalue weighted by Gasteiger charge is 2.55. The Balaban J connectivity index is 1.04. The summed E-state index contributed by atoms with van der Waals surface area (Å²) in [5.74, 6) is -0.498. The van der Waals surface area contributed by atoms with Gasteiger partial charge in [0, 0.05) is 31.0 Å². The van der Waals surface area contributed by atoms with Crippen LogP contribution >= 0.6 is 11.3 Å². The van der Waals surface area contributed by atoms with Crippen LogP contribution < -0.4 is 10.6 Å². The first-order valence-electron chi connectivity index (χ1n) is 16.5. The summed E-state index contributed by atoms with van der Waals surface area (Å²) < 4.78 is 0. The topological polar surface area (TPSA) is 129 Å². The normalized spacial score (nSPS) is 25.9. The molecule has 10 heteroatoms. The van der Waals surface area contributed by atoms with Gasteiger partial charge in [0.1, 0.15) is 18.4 Å². The first-order chi connectivity index (χ1) is 22.4. The molecule has 1 aromatic heterocycles. The van der Waals surface area contributed by atoms with Crippen molar-refractivity contribution in [3.63, 3.8) is 0 Å². The molecular weight excluding hydrogens is 612 g/mol. The van der Waals surface area contributed by atoms with Gasteiger partial charge in [0.25, 0.3) is 0 Å². The number of aromatic nitrogens is 1. The lowest BCUT2D eigenvalue weighted by Gasteiger charge is -2.57. The third kappa shape index (κ3) is 6.90. The van der Waals surface area contributed by atoms with Crippen molar-refractivity contribution in [1.29, 1.82) is 0 Å². The molecule has 3 fully saturated rings. The van der Waals surface area contributed by atoms with E-state index in [1.54, 1.807) is 11.3 Å². The van der Waals surface area contributed by atoms with Gasteiger partial charge >= 0.3 is 0 Å². The summed E-state index contributed by atoms with van der Waals surface area (Å²) in [7, 11) is 0. The second-order valence-electron chi connectivity index (χ2n) is 14.9. The van der Waals surface area contributed by atoms with Crippen LogP contribution in [0.15, 0.2) is 54.0 Å². The number of carbonyl (C=O) groups excluding carboxylic acids is 4. The van der Waals surface area contributed by atoms with E-state index >= 15 is 0 Å². The van der Waals surface area contributed by atoms with Gasteiger partial charge in [0.2, 0.25) is 17.7 Å². The number of amides is 3. The summed E-state index contributed by atoms with van der Waals surface area (Å²) in [5, 5.41) is 16.5. The molecule has 3 atom stereocenters. The Kier molecular flexibility index (Phi) is 9.11. The van der Waals surface area contributed by atoms with Gasteiger partial charge in [-0.25, -0.2) is 4.98 Å². The third-order valence-electron chi connectivity index (χ3n) is 10.3. The smallest absolute Gasteiger partial charge is 0.246 e. The van der Waals surface area contributed by atoms with Gasteiger partial charge in [-0.15, -0.1) is 11.3 Å². The molecule has 0 bridgehead atoms. The second-order valence-corrected chi connectivity index (χ2v) is 15.7. The summed E-state index contributed by atoms with van der Waals surface area (Å²) in [6.45, 7) is 8.04. The quantitative estimate of drug-likeness (QED) is 0.278. The van der Waals surface area contributed by atoms with Crippen LogP contribution in [0.1, 0.15) is 86.0 Å². The van der Waals surface area contributed by atoms with Crippen molar-refractivity contribution in [1.82, 2.24) is 20.5 Å². The van der Waals surface area contributed by atoms with Gasteiger partial charge in [-0.05, 0) is 66.0 Å². The number of nitrogens with zero attached hydrogens (tertiary/aromatic N) is 2. The minimum absolute atomic E-state index is 0.0457. The molecule has 2 aromatic carbocycles.